The van der Waals surface area contributed by atoms with Gasteiger partial charge in [-0.15, -0.1) is 0 Å². The van der Waals surface area contributed by atoms with E-state index in [1.165, 1.54) is 20.2 Å². The predicted molar refractivity (Wildman–Crippen MR) is 110 cm³/mol. The van der Waals surface area contributed by atoms with E-state index in [0.29, 0.717) is 22.7 Å². The van der Waals surface area contributed by atoms with Crippen molar-refractivity contribution in [2.45, 2.75) is 6.92 Å². The molecular weight excluding hydrogens is 390 g/mol. The standard InChI is InChI=1S/C21H23N3O6/c1-14(20(26)23-16-7-9-17(28-2)10-8-16)21(27)24-22-12-15-5-4-6-18(11-15)30-13-19(25)29-3/h4-12,14H,13H2,1-3H3,(H,23,26)(H,24,27). The lowest BCUT2D eigenvalue weighted by Gasteiger charge is -2.11. The van der Waals surface area contributed by atoms with E-state index >= 15 is 0 Å². The molecule has 0 fully saturated rings. The number of hydrogen-bond donors (Lipinski definition) is 2. The molecule has 0 saturated carbocycles. The lowest BCUT2D eigenvalue weighted by atomic mass is 10.1. The number of amides is 2. The van der Waals surface area contributed by atoms with Crippen LogP contribution in [0.15, 0.2) is 53.6 Å². The van der Waals surface area contributed by atoms with Crippen molar-refractivity contribution >= 4 is 29.7 Å². The van der Waals surface area contributed by atoms with E-state index in [2.05, 4.69) is 20.6 Å². The fourth-order valence-corrected chi connectivity index (χ4v) is 2.20. The lowest BCUT2D eigenvalue weighted by Crippen LogP contribution is -2.34. The van der Waals surface area contributed by atoms with Gasteiger partial charge < -0.3 is 19.5 Å². The molecule has 0 bridgehead atoms. The minimum atomic E-state index is -0.959. The number of carbonyl (C=O) groups is 3. The van der Waals surface area contributed by atoms with Gasteiger partial charge in [0.1, 0.15) is 17.4 Å². The zero-order chi connectivity index (χ0) is 21.9. The Morgan fingerprint density at radius 2 is 1.77 bits per heavy atom. The first-order valence-corrected chi connectivity index (χ1v) is 9.00. The highest BCUT2D eigenvalue weighted by molar-refractivity contribution is 6.06. The molecule has 2 aromatic carbocycles. The molecule has 0 aromatic heterocycles. The molecule has 2 aromatic rings. The monoisotopic (exact) mass is 413 g/mol. The molecule has 0 spiro atoms. The number of anilines is 1. The van der Waals surface area contributed by atoms with Crippen molar-refractivity contribution in [1.29, 1.82) is 0 Å². The van der Waals surface area contributed by atoms with Crippen LogP contribution < -0.4 is 20.2 Å². The number of rotatable bonds is 9. The molecule has 0 heterocycles. The largest absolute Gasteiger partial charge is 0.497 e. The van der Waals surface area contributed by atoms with Crippen LogP contribution in [-0.4, -0.2) is 44.8 Å². The van der Waals surface area contributed by atoms with E-state index in [4.69, 9.17) is 9.47 Å². The Hall–Kier alpha value is -3.88. The molecule has 2 amide bonds. The Morgan fingerprint density at radius 1 is 1.03 bits per heavy atom. The number of methoxy groups -OCH3 is 2. The SMILES string of the molecule is COC(=O)COc1cccc(C=NNC(=O)C(C)C(=O)Nc2ccc(OC)cc2)c1. The summed E-state index contributed by atoms with van der Waals surface area (Å²) in [5, 5.41) is 6.51. The van der Waals surface area contributed by atoms with Gasteiger partial charge in [-0.05, 0) is 48.9 Å². The number of nitrogens with one attached hydrogen (secondary N) is 2. The number of nitrogens with zero attached hydrogens (tertiary/aromatic N) is 1. The molecule has 0 saturated heterocycles. The minimum Gasteiger partial charge on any atom is -0.497 e. The third kappa shape index (κ3) is 6.93. The lowest BCUT2D eigenvalue weighted by molar-refractivity contribution is -0.143. The number of benzene rings is 2. The molecule has 0 aliphatic rings. The average Bonchev–Trinajstić information content (AvgIpc) is 2.77. The maximum atomic E-state index is 12.2. The van der Waals surface area contributed by atoms with Crippen molar-refractivity contribution in [2.24, 2.45) is 11.0 Å². The molecule has 1 unspecified atom stereocenters. The summed E-state index contributed by atoms with van der Waals surface area (Å²) in [4.78, 5) is 35.5. The molecule has 0 radical (unpaired) electrons. The molecule has 9 nitrogen and oxygen atoms in total. The van der Waals surface area contributed by atoms with Gasteiger partial charge in [-0.1, -0.05) is 12.1 Å². The molecule has 2 rings (SSSR count). The maximum Gasteiger partial charge on any atom is 0.343 e. The molecule has 1 atom stereocenters. The summed E-state index contributed by atoms with van der Waals surface area (Å²) in [5.41, 5.74) is 3.51. The fourth-order valence-electron chi connectivity index (χ4n) is 2.20. The number of hydrogen-bond acceptors (Lipinski definition) is 7. The number of hydrazone groups is 1. The Morgan fingerprint density at radius 3 is 2.43 bits per heavy atom. The van der Waals surface area contributed by atoms with Gasteiger partial charge in [0.15, 0.2) is 6.61 Å². The van der Waals surface area contributed by atoms with Gasteiger partial charge >= 0.3 is 5.97 Å². The van der Waals surface area contributed by atoms with E-state index in [9.17, 15) is 14.4 Å². The molecule has 2 N–H and O–H groups in total. The van der Waals surface area contributed by atoms with E-state index in [-0.39, 0.29) is 6.61 Å². The van der Waals surface area contributed by atoms with Crippen LogP contribution in [0.2, 0.25) is 0 Å². The van der Waals surface area contributed by atoms with Crippen molar-refractivity contribution < 1.29 is 28.6 Å². The van der Waals surface area contributed by atoms with Gasteiger partial charge in [0.25, 0.3) is 5.91 Å². The minimum absolute atomic E-state index is 0.214. The Labute approximate surface area is 174 Å². The molecule has 30 heavy (non-hydrogen) atoms. The van der Waals surface area contributed by atoms with Gasteiger partial charge in [0, 0.05) is 5.69 Å². The van der Waals surface area contributed by atoms with E-state index in [0.717, 1.165) is 0 Å². The summed E-state index contributed by atoms with van der Waals surface area (Å²) in [6, 6.07) is 13.5. The summed E-state index contributed by atoms with van der Waals surface area (Å²) < 4.78 is 14.8. The highest BCUT2D eigenvalue weighted by Crippen LogP contribution is 2.16. The average molecular weight is 413 g/mol. The van der Waals surface area contributed by atoms with Crippen LogP contribution in [0.25, 0.3) is 0 Å². The van der Waals surface area contributed by atoms with Crippen molar-refractivity contribution in [3.05, 3.63) is 54.1 Å². The third-order valence-electron chi connectivity index (χ3n) is 3.97. The second-order valence-corrected chi connectivity index (χ2v) is 6.11. The first kappa shape index (κ1) is 22.4. The van der Waals surface area contributed by atoms with Crippen molar-refractivity contribution in [3.8, 4) is 11.5 Å². The predicted octanol–water partition coefficient (Wildman–Crippen LogP) is 1.97. The summed E-state index contributed by atoms with van der Waals surface area (Å²) in [5.74, 6) is -1.38. The van der Waals surface area contributed by atoms with Gasteiger partial charge in [-0.3, -0.25) is 9.59 Å². The first-order chi connectivity index (χ1) is 14.4. The van der Waals surface area contributed by atoms with Crippen LogP contribution >= 0.6 is 0 Å². The van der Waals surface area contributed by atoms with Crippen LogP contribution in [0.3, 0.4) is 0 Å². The van der Waals surface area contributed by atoms with Gasteiger partial charge in [0.2, 0.25) is 5.91 Å². The van der Waals surface area contributed by atoms with Crippen LogP contribution in [-0.2, 0) is 19.1 Å². The van der Waals surface area contributed by atoms with E-state index in [1.807, 2.05) is 0 Å². The Balaban J connectivity index is 1.86. The van der Waals surface area contributed by atoms with E-state index < -0.39 is 23.7 Å². The second kappa shape index (κ2) is 11.2. The quantitative estimate of drug-likeness (QED) is 0.281. The van der Waals surface area contributed by atoms with Crippen LogP contribution in [0.1, 0.15) is 12.5 Å². The zero-order valence-electron chi connectivity index (χ0n) is 16.9. The second-order valence-electron chi connectivity index (χ2n) is 6.11. The number of esters is 1. The van der Waals surface area contributed by atoms with Gasteiger partial charge in [0.05, 0.1) is 20.4 Å². The normalized spacial score (nSPS) is 11.4. The fraction of sp³-hybridized carbons (Fsp3) is 0.238. The van der Waals surface area contributed by atoms with E-state index in [1.54, 1.807) is 55.6 Å². The summed E-state index contributed by atoms with van der Waals surface area (Å²) in [6.07, 6.45) is 1.40. The summed E-state index contributed by atoms with van der Waals surface area (Å²) in [6.45, 7) is 1.26. The number of carbonyl (C=O) groups excluding carboxylic acids is 3. The smallest absolute Gasteiger partial charge is 0.343 e. The topological polar surface area (TPSA) is 115 Å². The maximum absolute atomic E-state index is 12.2. The summed E-state index contributed by atoms with van der Waals surface area (Å²) in [7, 11) is 2.82. The zero-order valence-corrected chi connectivity index (χ0v) is 16.9. The Kier molecular flexibility index (Phi) is 8.37. The van der Waals surface area contributed by atoms with Crippen LogP contribution in [0.4, 0.5) is 5.69 Å². The molecular formula is C21H23N3O6. The summed E-state index contributed by atoms with van der Waals surface area (Å²) >= 11 is 0. The van der Waals surface area contributed by atoms with Crippen LogP contribution in [0.5, 0.6) is 11.5 Å². The molecule has 0 aliphatic heterocycles. The molecule has 9 heteroatoms. The highest BCUT2D eigenvalue weighted by atomic mass is 16.6. The highest BCUT2D eigenvalue weighted by Gasteiger charge is 2.21. The Bertz CT molecular complexity index is 911. The third-order valence-corrected chi connectivity index (χ3v) is 3.97. The number of ether oxygens (including phenoxy) is 3. The van der Waals surface area contributed by atoms with Crippen molar-refractivity contribution in [2.75, 3.05) is 26.1 Å². The van der Waals surface area contributed by atoms with Crippen molar-refractivity contribution in [1.82, 2.24) is 5.43 Å². The molecule has 158 valence electrons. The first-order valence-electron chi connectivity index (χ1n) is 9.00. The van der Waals surface area contributed by atoms with Gasteiger partial charge in [-0.25, -0.2) is 10.2 Å². The van der Waals surface area contributed by atoms with Crippen molar-refractivity contribution in [3.63, 3.8) is 0 Å². The molecule has 0 aliphatic carbocycles. The van der Waals surface area contributed by atoms with Crippen LogP contribution in [0, 0.1) is 5.92 Å². The van der Waals surface area contributed by atoms with Gasteiger partial charge in [-0.2, -0.15) is 5.10 Å².